The average molecular weight is 287 g/mol. The summed E-state index contributed by atoms with van der Waals surface area (Å²) >= 11 is 0. The lowest BCUT2D eigenvalue weighted by Gasteiger charge is -2.24. The lowest BCUT2D eigenvalue weighted by atomic mass is 9.98. The molecule has 0 radical (unpaired) electrons. The van der Waals surface area contributed by atoms with Crippen LogP contribution >= 0.6 is 0 Å². The molecule has 2 heterocycles. The van der Waals surface area contributed by atoms with Crippen molar-refractivity contribution in [2.45, 2.75) is 31.8 Å². The van der Waals surface area contributed by atoms with E-state index in [-0.39, 0.29) is 17.9 Å². The summed E-state index contributed by atoms with van der Waals surface area (Å²) in [5, 5.41) is 5.97. The third kappa shape index (κ3) is 2.65. The number of benzene rings is 1. The molecule has 1 atom stereocenters. The van der Waals surface area contributed by atoms with E-state index in [1.165, 1.54) is 11.1 Å². The minimum atomic E-state index is -0.323. The largest absolute Gasteiger partial charge is 0.357 e. The molecule has 0 aliphatic carbocycles. The van der Waals surface area contributed by atoms with Gasteiger partial charge >= 0.3 is 0 Å². The molecule has 1 aromatic rings. The number of hydrogen-bond acceptors (Lipinski definition) is 3. The van der Waals surface area contributed by atoms with Crippen LogP contribution in [-0.2, 0) is 17.8 Å². The first kappa shape index (κ1) is 14.1. The van der Waals surface area contributed by atoms with Crippen molar-refractivity contribution in [3.8, 4) is 0 Å². The molecular weight excluding hydrogens is 266 g/mol. The van der Waals surface area contributed by atoms with Crippen molar-refractivity contribution >= 4 is 11.8 Å². The Morgan fingerprint density at radius 1 is 1.33 bits per heavy atom. The van der Waals surface area contributed by atoms with Crippen molar-refractivity contribution in [2.24, 2.45) is 0 Å². The molecule has 112 valence electrons. The van der Waals surface area contributed by atoms with Crippen LogP contribution < -0.4 is 10.6 Å². The molecule has 3 rings (SSSR count). The van der Waals surface area contributed by atoms with E-state index >= 15 is 0 Å². The Bertz CT molecular complexity index is 571. The van der Waals surface area contributed by atoms with Gasteiger partial charge in [0.1, 0.15) is 6.04 Å². The molecule has 0 saturated carbocycles. The molecule has 2 amide bonds. The molecule has 21 heavy (non-hydrogen) atoms. The van der Waals surface area contributed by atoms with Crippen molar-refractivity contribution in [2.75, 3.05) is 20.1 Å². The van der Waals surface area contributed by atoms with E-state index in [9.17, 15) is 9.59 Å². The maximum absolute atomic E-state index is 12.7. The number of nitrogens with zero attached hydrogens (tertiary/aromatic N) is 1. The van der Waals surface area contributed by atoms with Crippen LogP contribution in [0.15, 0.2) is 18.2 Å². The van der Waals surface area contributed by atoms with Crippen LogP contribution in [0.25, 0.3) is 0 Å². The van der Waals surface area contributed by atoms with Gasteiger partial charge in [0.05, 0.1) is 0 Å². The van der Waals surface area contributed by atoms with E-state index < -0.39 is 0 Å². The van der Waals surface area contributed by atoms with Crippen molar-refractivity contribution in [3.63, 3.8) is 0 Å². The van der Waals surface area contributed by atoms with Crippen LogP contribution in [0, 0.1) is 0 Å². The predicted octanol–water partition coefficient (Wildman–Crippen LogP) is 0.683. The number of amides is 2. The molecule has 2 aliphatic heterocycles. The third-order valence-corrected chi connectivity index (χ3v) is 4.40. The number of likely N-dealkylation sites (tertiary alicyclic amines) is 1. The van der Waals surface area contributed by atoms with Gasteiger partial charge in [-0.25, -0.2) is 0 Å². The summed E-state index contributed by atoms with van der Waals surface area (Å²) in [5.74, 6) is -0.102. The third-order valence-electron chi connectivity index (χ3n) is 4.40. The highest BCUT2D eigenvalue weighted by Crippen LogP contribution is 2.22. The lowest BCUT2D eigenvalue weighted by molar-refractivity contribution is -0.124. The topological polar surface area (TPSA) is 61.4 Å². The van der Waals surface area contributed by atoms with Gasteiger partial charge in [-0.3, -0.25) is 9.59 Å². The average Bonchev–Trinajstić information content (AvgIpc) is 3.02. The number of carbonyl (C=O) groups excluding carboxylic acids is 2. The van der Waals surface area contributed by atoms with Gasteiger partial charge < -0.3 is 15.5 Å². The number of hydrogen-bond donors (Lipinski definition) is 2. The Balaban J connectivity index is 1.83. The SMILES string of the molecule is CNC(=O)C1CCCN1C(=O)c1ccc2c(c1)CNCC2. The van der Waals surface area contributed by atoms with Crippen molar-refractivity contribution in [1.29, 1.82) is 0 Å². The number of nitrogens with one attached hydrogen (secondary N) is 2. The number of rotatable bonds is 2. The van der Waals surface area contributed by atoms with Crippen LogP contribution in [-0.4, -0.2) is 42.9 Å². The minimum Gasteiger partial charge on any atom is -0.357 e. The first-order valence-corrected chi connectivity index (χ1v) is 7.56. The summed E-state index contributed by atoms with van der Waals surface area (Å²) in [6, 6.07) is 5.60. The molecule has 5 nitrogen and oxygen atoms in total. The zero-order chi connectivity index (χ0) is 14.8. The van der Waals surface area contributed by atoms with E-state index in [0.29, 0.717) is 12.1 Å². The highest BCUT2D eigenvalue weighted by Gasteiger charge is 2.34. The quantitative estimate of drug-likeness (QED) is 0.841. The fourth-order valence-electron chi connectivity index (χ4n) is 3.23. The Labute approximate surface area is 124 Å². The van der Waals surface area contributed by atoms with Crippen molar-refractivity contribution in [1.82, 2.24) is 15.5 Å². The molecule has 0 bridgehead atoms. The Kier molecular flexibility index (Phi) is 3.92. The van der Waals surface area contributed by atoms with Gasteiger partial charge in [-0.2, -0.15) is 0 Å². The normalized spacial score (nSPS) is 21.0. The summed E-state index contributed by atoms with van der Waals surface area (Å²) in [7, 11) is 1.62. The zero-order valence-corrected chi connectivity index (χ0v) is 12.3. The van der Waals surface area contributed by atoms with E-state index in [1.807, 2.05) is 18.2 Å². The Hall–Kier alpha value is -1.88. The monoisotopic (exact) mass is 287 g/mol. The second-order valence-corrected chi connectivity index (χ2v) is 5.68. The number of carbonyl (C=O) groups is 2. The van der Waals surface area contributed by atoms with Gasteiger partial charge in [0.2, 0.25) is 5.91 Å². The van der Waals surface area contributed by atoms with Crippen molar-refractivity contribution < 1.29 is 9.59 Å². The van der Waals surface area contributed by atoms with Gasteiger partial charge in [0.25, 0.3) is 5.91 Å². The van der Waals surface area contributed by atoms with Gasteiger partial charge in [0.15, 0.2) is 0 Å². The van der Waals surface area contributed by atoms with Crippen molar-refractivity contribution in [3.05, 3.63) is 34.9 Å². The summed E-state index contributed by atoms with van der Waals surface area (Å²) < 4.78 is 0. The predicted molar refractivity (Wildman–Crippen MR) is 80.0 cm³/mol. The van der Waals surface area contributed by atoms with Gasteiger partial charge in [-0.05, 0) is 49.1 Å². The Morgan fingerprint density at radius 2 is 2.19 bits per heavy atom. The lowest BCUT2D eigenvalue weighted by Crippen LogP contribution is -2.45. The molecule has 1 unspecified atom stereocenters. The standard InChI is InChI=1S/C16H21N3O2/c1-17-15(20)14-3-2-8-19(14)16(21)12-5-4-11-6-7-18-10-13(11)9-12/h4-5,9,14,18H,2-3,6-8,10H2,1H3,(H,17,20). The van der Waals surface area contributed by atoms with Crippen LogP contribution in [0.4, 0.5) is 0 Å². The first-order chi connectivity index (χ1) is 10.2. The summed E-state index contributed by atoms with van der Waals surface area (Å²) in [6.07, 6.45) is 2.64. The Morgan fingerprint density at radius 3 is 3.00 bits per heavy atom. The van der Waals surface area contributed by atoms with Crippen LogP contribution in [0.5, 0.6) is 0 Å². The molecule has 2 aliphatic rings. The maximum Gasteiger partial charge on any atom is 0.254 e. The smallest absolute Gasteiger partial charge is 0.254 e. The van der Waals surface area contributed by atoms with Gasteiger partial charge in [-0.1, -0.05) is 6.07 Å². The van der Waals surface area contributed by atoms with Gasteiger partial charge in [-0.15, -0.1) is 0 Å². The summed E-state index contributed by atoms with van der Waals surface area (Å²) in [6.45, 7) is 2.47. The van der Waals surface area contributed by atoms with Crippen LogP contribution in [0.1, 0.15) is 34.3 Å². The molecule has 2 N–H and O–H groups in total. The summed E-state index contributed by atoms with van der Waals surface area (Å²) in [4.78, 5) is 26.3. The zero-order valence-electron chi connectivity index (χ0n) is 12.3. The summed E-state index contributed by atoms with van der Waals surface area (Å²) in [5.41, 5.74) is 3.20. The minimum absolute atomic E-state index is 0.0329. The molecular formula is C16H21N3O2. The van der Waals surface area contributed by atoms with Gasteiger partial charge in [0, 0.05) is 25.7 Å². The van der Waals surface area contributed by atoms with E-state index in [0.717, 1.165) is 32.4 Å². The molecule has 1 aromatic carbocycles. The molecule has 0 spiro atoms. The first-order valence-electron chi connectivity index (χ1n) is 7.56. The molecule has 5 heteroatoms. The maximum atomic E-state index is 12.7. The fourth-order valence-corrected chi connectivity index (χ4v) is 3.23. The van der Waals surface area contributed by atoms with E-state index in [1.54, 1.807) is 11.9 Å². The van der Waals surface area contributed by atoms with E-state index in [2.05, 4.69) is 10.6 Å². The van der Waals surface area contributed by atoms with Crippen LogP contribution in [0.2, 0.25) is 0 Å². The second-order valence-electron chi connectivity index (χ2n) is 5.68. The number of fused-ring (bicyclic) bond motifs is 1. The highest BCUT2D eigenvalue weighted by molar-refractivity contribution is 5.98. The molecule has 0 aromatic heterocycles. The highest BCUT2D eigenvalue weighted by atomic mass is 16.2. The second kappa shape index (κ2) is 5.85. The fraction of sp³-hybridized carbons (Fsp3) is 0.500. The molecule has 1 saturated heterocycles. The number of likely N-dealkylation sites (N-methyl/N-ethyl adjacent to an activating group) is 1. The van der Waals surface area contributed by atoms with Crippen LogP contribution in [0.3, 0.4) is 0 Å². The van der Waals surface area contributed by atoms with E-state index in [4.69, 9.17) is 0 Å². The molecule has 1 fully saturated rings.